The minimum absolute atomic E-state index is 0.600. The lowest BCUT2D eigenvalue weighted by molar-refractivity contribution is 0.529. The molecule has 3 aromatic rings. The van der Waals surface area contributed by atoms with Gasteiger partial charge in [0.15, 0.2) is 10.9 Å². The number of hydrogen-bond acceptors (Lipinski definition) is 5. The molecule has 0 bridgehead atoms. The number of nitrogens with zero attached hydrogens (tertiary/aromatic N) is 4. The van der Waals surface area contributed by atoms with Crippen LogP contribution in [0.2, 0.25) is 5.02 Å². The first-order valence-corrected chi connectivity index (χ1v) is 9.37. The number of hydrogen-bond donors (Lipinski definition) is 0. The molecule has 0 saturated heterocycles. The Hall–Kier alpha value is -1.79. The number of thioether (sulfide) groups is 1. The Kier molecular flexibility index (Phi) is 4.33. The van der Waals surface area contributed by atoms with Gasteiger partial charge in [0.2, 0.25) is 5.89 Å². The van der Waals surface area contributed by atoms with E-state index in [2.05, 4.69) is 26.7 Å². The van der Waals surface area contributed by atoms with Crippen LogP contribution in [0.4, 0.5) is 0 Å². The summed E-state index contributed by atoms with van der Waals surface area (Å²) < 4.78 is 8.04. The molecule has 0 spiro atoms. The summed E-state index contributed by atoms with van der Waals surface area (Å²) in [6, 6.07) is 7.57. The fourth-order valence-electron chi connectivity index (χ4n) is 2.63. The largest absolute Gasteiger partial charge is 0.440 e. The molecule has 4 rings (SSSR count). The third kappa shape index (κ3) is 3.21. The van der Waals surface area contributed by atoms with Crippen molar-refractivity contribution in [1.82, 2.24) is 19.7 Å². The average Bonchev–Trinajstić information content (AvgIpc) is 3.18. The number of rotatable bonds is 6. The highest BCUT2D eigenvalue weighted by Gasteiger charge is 2.30. The molecular weight excluding hydrogens is 344 g/mol. The summed E-state index contributed by atoms with van der Waals surface area (Å²) in [6.07, 6.45) is 4.19. The number of benzene rings is 1. The smallest absolute Gasteiger partial charge is 0.205 e. The van der Waals surface area contributed by atoms with E-state index < -0.39 is 0 Å². The van der Waals surface area contributed by atoms with E-state index in [0.717, 1.165) is 28.8 Å². The van der Waals surface area contributed by atoms with E-state index in [1.807, 2.05) is 24.3 Å². The maximum atomic E-state index is 6.02. The van der Waals surface area contributed by atoms with Gasteiger partial charge in [-0.05, 0) is 31.9 Å². The van der Waals surface area contributed by atoms with Crippen molar-refractivity contribution in [2.75, 3.05) is 0 Å². The normalized spacial score (nSPS) is 14.2. The Bertz CT molecular complexity index is 856. The van der Waals surface area contributed by atoms with Crippen LogP contribution in [-0.2, 0) is 12.3 Å². The van der Waals surface area contributed by atoms with Crippen molar-refractivity contribution >= 4 is 23.4 Å². The second kappa shape index (κ2) is 6.61. The van der Waals surface area contributed by atoms with Crippen LogP contribution in [0.5, 0.6) is 0 Å². The molecule has 2 aromatic heterocycles. The Morgan fingerprint density at radius 3 is 2.96 bits per heavy atom. The van der Waals surface area contributed by atoms with Crippen LogP contribution in [0.15, 0.2) is 40.0 Å². The third-order valence-electron chi connectivity index (χ3n) is 3.99. The summed E-state index contributed by atoms with van der Waals surface area (Å²) in [5.74, 6) is 3.75. The van der Waals surface area contributed by atoms with E-state index in [1.165, 1.54) is 12.8 Å². The lowest BCUT2D eigenvalue weighted by Gasteiger charge is -2.05. The monoisotopic (exact) mass is 360 g/mol. The Labute approximate surface area is 149 Å². The van der Waals surface area contributed by atoms with Gasteiger partial charge in [0.25, 0.3) is 0 Å². The molecule has 5 nitrogen and oxygen atoms in total. The SMILES string of the molecule is CCn1c(SCc2ncc(-c3cccc(Cl)c3)o2)nnc1C1CC1. The van der Waals surface area contributed by atoms with Crippen LogP contribution in [0.1, 0.15) is 37.4 Å². The minimum Gasteiger partial charge on any atom is -0.440 e. The highest BCUT2D eigenvalue weighted by atomic mass is 35.5. The summed E-state index contributed by atoms with van der Waals surface area (Å²) in [4.78, 5) is 4.36. The molecule has 1 fully saturated rings. The molecule has 0 radical (unpaired) electrons. The van der Waals surface area contributed by atoms with Crippen LogP contribution in [-0.4, -0.2) is 19.7 Å². The molecule has 0 N–H and O–H groups in total. The predicted molar refractivity (Wildman–Crippen MR) is 94.2 cm³/mol. The molecule has 124 valence electrons. The molecule has 7 heteroatoms. The third-order valence-corrected chi connectivity index (χ3v) is 5.18. The number of oxazole rings is 1. The van der Waals surface area contributed by atoms with Crippen molar-refractivity contribution in [3.8, 4) is 11.3 Å². The van der Waals surface area contributed by atoms with Gasteiger partial charge in [-0.25, -0.2) is 4.98 Å². The number of aromatic nitrogens is 4. The van der Waals surface area contributed by atoms with E-state index in [4.69, 9.17) is 16.0 Å². The zero-order chi connectivity index (χ0) is 16.5. The van der Waals surface area contributed by atoms with Crippen LogP contribution in [0.25, 0.3) is 11.3 Å². The highest BCUT2D eigenvalue weighted by molar-refractivity contribution is 7.98. The van der Waals surface area contributed by atoms with Crippen LogP contribution >= 0.6 is 23.4 Å². The summed E-state index contributed by atoms with van der Waals surface area (Å²) in [5, 5.41) is 10.3. The van der Waals surface area contributed by atoms with Crippen molar-refractivity contribution < 1.29 is 4.42 Å². The van der Waals surface area contributed by atoms with Gasteiger partial charge in [0.1, 0.15) is 5.82 Å². The van der Waals surface area contributed by atoms with Crippen molar-refractivity contribution in [3.63, 3.8) is 0 Å². The van der Waals surface area contributed by atoms with E-state index in [9.17, 15) is 0 Å². The van der Waals surface area contributed by atoms with Crippen LogP contribution in [0.3, 0.4) is 0 Å². The summed E-state index contributed by atoms with van der Waals surface area (Å²) >= 11 is 7.63. The van der Waals surface area contributed by atoms with Crippen molar-refractivity contribution in [2.45, 2.75) is 43.1 Å². The molecular formula is C17H17ClN4OS. The van der Waals surface area contributed by atoms with Gasteiger partial charge in [-0.1, -0.05) is 35.5 Å². The van der Waals surface area contributed by atoms with Gasteiger partial charge in [-0.15, -0.1) is 10.2 Å². The summed E-state index contributed by atoms with van der Waals surface area (Å²) in [6.45, 7) is 3.02. The van der Waals surface area contributed by atoms with Gasteiger partial charge >= 0.3 is 0 Å². The van der Waals surface area contributed by atoms with Gasteiger partial charge in [0, 0.05) is 23.0 Å². The Morgan fingerprint density at radius 2 is 2.21 bits per heavy atom. The van der Waals surface area contributed by atoms with Crippen LogP contribution < -0.4 is 0 Å². The Morgan fingerprint density at radius 1 is 1.33 bits per heavy atom. The van der Waals surface area contributed by atoms with Gasteiger partial charge in [0.05, 0.1) is 11.9 Å². The lowest BCUT2D eigenvalue weighted by Crippen LogP contribution is -2.01. The first-order valence-electron chi connectivity index (χ1n) is 8.01. The van der Waals surface area contributed by atoms with E-state index >= 15 is 0 Å². The topological polar surface area (TPSA) is 56.7 Å². The van der Waals surface area contributed by atoms with Gasteiger partial charge in [-0.2, -0.15) is 0 Å². The van der Waals surface area contributed by atoms with Crippen molar-refractivity contribution in [3.05, 3.63) is 47.2 Å². The zero-order valence-corrected chi connectivity index (χ0v) is 14.8. The van der Waals surface area contributed by atoms with E-state index in [-0.39, 0.29) is 0 Å². The van der Waals surface area contributed by atoms with Crippen LogP contribution in [0, 0.1) is 0 Å². The molecule has 24 heavy (non-hydrogen) atoms. The highest BCUT2D eigenvalue weighted by Crippen LogP contribution is 2.40. The van der Waals surface area contributed by atoms with E-state index in [0.29, 0.717) is 22.6 Å². The zero-order valence-electron chi connectivity index (χ0n) is 13.3. The first kappa shape index (κ1) is 15.7. The van der Waals surface area contributed by atoms with Gasteiger partial charge in [-0.3, -0.25) is 0 Å². The molecule has 0 aliphatic heterocycles. The molecule has 0 atom stereocenters. The van der Waals surface area contributed by atoms with Crippen molar-refractivity contribution in [2.24, 2.45) is 0 Å². The second-order valence-corrected chi connectivity index (χ2v) is 7.16. The van der Waals surface area contributed by atoms with Crippen molar-refractivity contribution in [1.29, 1.82) is 0 Å². The Balaban J connectivity index is 1.47. The summed E-state index contributed by atoms with van der Waals surface area (Å²) in [7, 11) is 0. The second-order valence-electron chi connectivity index (χ2n) is 5.78. The maximum absolute atomic E-state index is 6.02. The fourth-order valence-corrected chi connectivity index (χ4v) is 3.68. The molecule has 1 saturated carbocycles. The lowest BCUT2D eigenvalue weighted by atomic mass is 10.2. The maximum Gasteiger partial charge on any atom is 0.205 e. The predicted octanol–water partition coefficient (Wildman–Crippen LogP) is 4.78. The summed E-state index contributed by atoms with van der Waals surface area (Å²) in [5.41, 5.74) is 0.930. The van der Waals surface area contributed by atoms with Gasteiger partial charge < -0.3 is 8.98 Å². The first-order chi connectivity index (χ1) is 11.7. The molecule has 2 heterocycles. The minimum atomic E-state index is 0.600. The van der Waals surface area contributed by atoms with E-state index in [1.54, 1.807) is 18.0 Å². The molecule has 1 aliphatic rings. The standard InChI is InChI=1S/C17H17ClN4OS/c1-2-22-16(11-6-7-11)20-21-17(22)24-10-15-19-9-14(23-15)12-4-3-5-13(18)8-12/h3-5,8-9,11H,2,6-7,10H2,1H3. The molecule has 1 aromatic carbocycles. The quantitative estimate of drug-likeness (QED) is 0.592. The molecule has 1 aliphatic carbocycles. The fraction of sp³-hybridized carbons (Fsp3) is 0.353. The number of halogens is 1. The molecule has 0 unspecified atom stereocenters. The average molecular weight is 361 g/mol. The molecule has 0 amide bonds.